The Bertz CT molecular complexity index is 584. The second-order valence-corrected chi connectivity index (χ2v) is 6.19. The zero-order chi connectivity index (χ0) is 12.3. The molecule has 88 valence electrons. The number of pyridine rings is 1. The molecular weight excluding hydrogens is 258 g/mol. The molecule has 1 aromatic heterocycles. The van der Waals surface area contributed by atoms with E-state index in [1.807, 2.05) is 6.07 Å². The minimum Gasteiger partial charge on any atom is -0.263 e. The van der Waals surface area contributed by atoms with Gasteiger partial charge in [-0.3, -0.25) is 4.98 Å². The molecule has 0 amide bonds. The van der Waals surface area contributed by atoms with Gasteiger partial charge in [0.05, 0.1) is 4.90 Å². The minimum atomic E-state index is -3.59. The fourth-order valence-electron chi connectivity index (χ4n) is 1.42. The van der Waals surface area contributed by atoms with Gasteiger partial charge >= 0.3 is 0 Å². The second kappa shape index (κ2) is 4.85. The van der Waals surface area contributed by atoms with E-state index in [0.717, 1.165) is 0 Å². The molecule has 1 unspecified atom stereocenters. The summed E-state index contributed by atoms with van der Waals surface area (Å²) < 4.78 is 23.2. The summed E-state index contributed by atoms with van der Waals surface area (Å²) in [7, 11) is -3.59. The summed E-state index contributed by atoms with van der Waals surface area (Å²) in [6, 6.07) is 11.7. The first-order chi connectivity index (χ1) is 8.12. The van der Waals surface area contributed by atoms with Crippen LogP contribution in [0, 0.1) is 0 Å². The molecule has 5 heteroatoms. The Balaban J connectivity index is 2.41. The van der Waals surface area contributed by atoms with Gasteiger partial charge in [-0.05, 0) is 17.7 Å². The molecule has 1 atom stereocenters. The zero-order valence-corrected chi connectivity index (χ0v) is 10.4. The molecule has 0 saturated carbocycles. The van der Waals surface area contributed by atoms with Crippen LogP contribution in [0.2, 0.25) is 0 Å². The minimum absolute atomic E-state index is 0.129. The molecule has 0 aliphatic rings. The summed E-state index contributed by atoms with van der Waals surface area (Å²) in [5.74, 6) is 0. The van der Waals surface area contributed by atoms with Crippen LogP contribution in [-0.2, 0) is 9.84 Å². The van der Waals surface area contributed by atoms with E-state index >= 15 is 0 Å². The van der Waals surface area contributed by atoms with Gasteiger partial charge in [-0.25, -0.2) is 8.42 Å². The van der Waals surface area contributed by atoms with Crippen molar-refractivity contribution >= 4 is 21.4 Å². The number of hydrogen-bond donors (Lipinski definition) is 0. The molecular formula is C12H10ClNO2S. The maximum atomic E-state index is 12.2. The highest BCUT2D eigenvalue weighted by molar-refractivity contribution is 7.92. The Kier molecular flexibility index (Phi) is 3.45. The van der Waals surface area contributed by atoms with Gasteiger partial charge in [-0.1, -0.05) is 41.9 Å². The molecule has 0 spiro atoms. The summed E-state index contributed by atoms with van der Waals surface area (Å²) in [4.78, 5) is 3.92. The smallest absolute Gasteiger partial charge is 0.200 e. The van der Waals surface area contributed by atoms with Crippen LogP contribution in [0.3, 0.4) is 0 Å². The molecule has 0 fully saturated rings. The van der Waals surface area contributed by atoms with Crippen molar-refractivity contribution in [2.45, 2.75) is 9.60 Å². The Morgan fingerprint density at radius 3 is 2.35 bits per heavy atom. The maximum absolute atomic E-state index is 12.2. The summed E-state index contributed by atoms with van der Waals surface area (Å²) in [5, 5.41) is 0. The molecule has 17 heavy (non-hydrogen) atoms. The largest absolute Gasteiger partial charge is 0.263 e. The number of hydrogen-bond acceptors (Lipinski definition) is 3. The average molecular weight is 268 g/mol. The Hall–Kier alpha value is -1.39. The molecule has 0 radical (unpaired) electrons. The zero-order valence-electron chi connectivity index (χ0n) is 8.82. The van der Waals surface area contributed by atoms with E-state index in [-0.39, 0.29) is 4.90 Å². The first-order valence-corrected chi connectivity index (χ1v) is 6.93. The van der Waals surface area contributed by atoms with Crippen molar-refractivity contribution in [1.82, 2.24) is 4.98 Å². The van der Waals surface area contributed by atoms with E-state index in [1.165, 1.54) is 18.5 Å². The molecule has 3 nitrogen and oxygen atoms in total. The van der Waals surface area contributed by atoms with Crippen LogP contribution in [0.4, 0.5) is 0 Å². The van der Waals surface area contributed by atoms with Crippen molar-refractivity contribution in [3.63, 3.8) is 0 Å². The van der Waals surface area contributed by atoms with Gasteiger partial charge < -0.3 is 0 Å². The highest BCUT2D eigenvalue weighted by Gasteiger charge is 2.26. The van der Waals surface area contributed by atoms with Crippen molar-refractivity contribution < 1.29 is 8.42 Å². The van der Waals surface area contributed by atoms with Gasteiger partial charge in [0.15, 0.2) is 4.71 Å². The third-order valence-electron chi connectivity index (χ3n) is 2.30. The van der Waals surface area contributed by atoms with E-state index in [9.17, 15) is 8.42 Å². The van der Waals surface area contributed by atoms with Crippen LogP contribution in [0.1, 0.15) is 10.3 Å². The lowest BCUT2D eigenvalue weighted by Gasteiger charge is -2.10. The molecule has 1 aromatic carbocycles. The van der Waals surface area contributed by atoms with Crippen LogP contribution < -0.4 is 0 Å². The third-order valence-corrected chi connectivity index (χ3v) is 4.97. The highest BCUT2D eigenvalue weighted by atomic mass is 35.5. The lowest BCUT2D eigenvalue weighted by atomic mass is 10.2. The lowest BCUT2D eigenvalue weighted by molar-refractivity contribution is 0.593. The number of rotatable bonds is 3. The van der Waals surface area contributed by atoms with Crippen LogP contribution in [0.15, 0.2) is 59.8 Å². The summed E-state index contributed by atoms with van der Waals surface area (Å²) in [6.07, 6.45) is 2.82. The SMILES string of the molecule is O=S(=O)(c1cccnc1)C(Cl)c1ccccc1. The molecule has 0 saturated heterocycles. The van der Waals surface area contributed by atoms with Crippen LogP contribution in [0.25, 0.3) is 0 Å². The average Bonchev–Trinajstić information content (AvgIpc) is 2.40. The lowest BCUT2D eigenvalue weighted by Crippen LogP contribution is -2.08. The van der Waals surface area contributed by atoms with E-state index in [4.69, 9.17) is 11.6 Å². The third kappa shape index (κ3) is 2.48. The van der Waals surface area contributed by atoms with Gasteiger partial charge in [0, 0.05) is 12.4 Å². The van der Waals surface area contributed by atoms with E-state index in [0.29, 0.717) is 5.56 Å². The summed E-state index contributed by atoms with van der Waals surface area (Å²) >= 11 is 6.02. The van der Waals surface area contributed by atoms with E-state index in [1.54, 1.807) is 30.3 Å². The number of aromatic nitrogens is 1. The normalized spacial score (nSPS) is 13.2. The second-order valence-electron chi connectivity index (χ2n) is 3.46. The predicted octanol–water partition coefficient (Wildman–Crippen LogP) is 2.79. The molecule has 0 N–H and O–H groups in total. The molecule has 0 aliphatic heterocycles. The fraction of sp³-hybridized carbons (Fsp3) is 0.0833. The van der Waals surface area contributed by atoms with E-state index in [2.05, 4.69) is 4.98 Å². The van der Waals surface area contributed by atoms with Crippen molar-refractivity contribution in [3.05, 3.63) is 60.4 Å². The monoisotopic (exact) mass is 267 g/mol. The molecule has 0 bridgehead atoms. The van der Waals surface area contributed by atoms with Crippen LogP contribution >= 0.6 is 11.6 Å². The fourth-order valence-corrected chi connectivity index (χ4v) is 3.10. The summed E-state index contributed by atoms with van der Waals surface area (Å²) in [6.45, 7) is 0. The predicted molar refractivity (Wildman–Crippen MR) is 66.5 cm³/mol. The van der Waals surface area contributed by atoms with Gasteiger partial charge in [-0.2, -0.15) is 0 Å². The number of nitrogens with zero attached hydrogens (tertiary/aromatic N) is 1. The topological polar surface area (TPSA) is 47.0 Å². The van der Waals surface area contributed by atoms with Crippen molar-refractivity contribution in [2.24, 2.45) is 0 Å². The molecule has 1 heterocycles. The van der Waals surface area contributed by atoms with Crippen LogP contribution in [-0.4, -0.2) is 13.4 Å². The Labute approximate surface area is 105 Å². The standard InChI is InChI=1S/C12H10ClNO2S/c13-12(10-5-2-1-3-6-10)17(15,16)11-7-4-8-14-9-11/h1-9,12H. The summed E-state index contributed by atoms with van der Waals surface area (Å²) in [5.41, 5.74) is 0.554. The number of halogens is 1. The van der Waals surface area contributed by atoms with Crippen molar-refractivity contribution in [2.75, 3.05) is 0 Å². The highest BCUT2D eigenvalue weighted by Crippen LogP contribution is 2.31. The molecule has 2 aromatic rings. The first kappa shape index (κ1) is 12.1. The van der Waals surface area contributed by atoms with Gasteiger partial charge in [0.2, 0.25) is 9.84 Å². The van der Waals surface area contributed by atoms with Gasteiger partial charge in [-0.15, -0.1) is 0 Å². The quantitative estimate of drug-likeness (QED) is 0.804. The molecule has 0 aliphatic carbocycles. The number of benzene rings is 1. The number of alkyl halides is 1. The van der Waals surface area contributed by atoms with Crippen molar-refractivity contribution in [3.8, 4) is 0 Å². The van der Waals surface area contributed by atoms with Crippen LogP contribution in [0.5, 0.6) is 0 Å². The Morgan fingerprint density at radius 1 is 1.06 bits per heavy atom. The Morgan fingerprint density at radius 2 is 1.76 bits per heavy atom. The van der Waals surface area contributed by atoms with Gasteiger partial charge in [0.1, 0.15) is 0 Å². The number of sulfone groups is 1. The molecule has 2 rings (SSSR count). The maximum Gasteiger partial charge on any atom is 0.200 e. The van der Waals surface area contributed by atoms with E-state index < -0.39 is 14.5 Å². The first-order valence-electron chi connectivity index (χ1n) is 4.95. The van der Waals surface area contributed by atoms with Crippen molar-refractivity contribution in [1.29, 1.82) is 0 Å². The van der Waals surface area contributed by atoms with Gasteiger partial charge in [0.25, 0.3) is 0 Å².